The van der Waals surface area contributed by atoms with E-state index in [9.17, 15) is 8.78 Å². The van der Waals surface area contributed by atoms with Crippen molar-refractivity contribution in [2.45, 2.75) is 32.3 Å². The van der Waals surface area contributed by atoms with Gasteiger partial charge in [0.1, 0.15) is 30.1 Å². The van der Waals surface area contributed by atoms with Crippen LogP contribution in [0.4, 0.5) is 8.78 Å². The number of benzene rings is 1. The van der Waals surface area contributed by atoms with Crippen molar-refractivity contribution >= 4 is 27.0 Å². The molecule has 5 rings (SSSR count). The quantitative estimate of drug-likeness (QED) is 0.360. The maximum Gasteiger partial charge on any atom is 0.267 e. The predicted octanol–water partition coefficient (Wildman–Crippen LogP) is 5.04. The Kier molecular flexibility index (Phi) is 6.02. The SMILES string of the molecule is Cc1cc(C#N)nn1-c1nc(-n2cnc3cc(Br)c(OC4CCOCC4)cc32)ccc1C(F)F. The van der Waals surface area contributed by atoms with Crippen LogP contribution in [0.5, 0.6) is 5.75 Å². The Morgan fingerprint density at radius 1 is 1.24 bits per heavy atom. The standard InChI is InChI=1S/C23H19BrF2N6O2/c1-13-8-14(11-27)30-32(13)23-16(22(25)26)2-3-21(29-23)31-12-28-18-9-17(24)20(10-19(18)31)34-15-4-6-33-7-5-15/h2-3,8-10,12,15,22H,4-7H2,1H3. The highest BCUT2D eigenvalue weighted by Crippen LogP contribution is 2.33. The topological polar surface area (TPSA) is 90.8 Å². The number of hydrogen-bond acceptors (Lipinski definition) is 6. The molecule has 0 spiro atoms. The molecule has 8 nitrogen and oxygen atoms in total. The zero-order valence-electron chi connectivity index (χ0n) is 18.1. The molecule has 1 fully saturated rings. The number of fused-ring (bicyclic) bond motifs is 1. The van der Waals surface area contributed by atoms with E-state index >= 15 is 0 Å². The number of nitriles is 1. The first-order chi connectivity index (χ1) is 16.4. The molecule has 0 saturated carbocycles. The van der Waals surface area contributed by atoms with Crippen molar-refractivity contribution in [1.82, 2.24) is 24.3 Å². The number of imidazole rings is 1. The van der Waals surface area contributed by atoms with Gasteiger partial charge in [0.05, 0.1) is 34.3 Å². The van der Waals surface area contributed by atoms with E-state index in [1.165, 1.54) is 22.9 Å². The van der Waals surface area contributed by atoms with Crippen molar-refractivity contribution in [2.24, 2.45) is 0 Å². The van der Waals surface area contributed by atoms with Crippen molar-refractivity contribution in [3.8, 4) is 23.5 Å². The number of aryl methyl sites for hydroxylation is 1. The molecule has 174 valence electrons. The van der Waals surface area contributed by atoms with Crippen LogP contribution in [0.15, 0.2) is 41.1 Å². The first-order valence-electron chi connectivity index (χ1n) is 10.6. The summed E-state index contributed by atoms with van der Waals surface area (Å²) in [6.07, 6.45) is 0.474. The summed E-state index contributed by atoms with van der Waals surface area (Å²) in [5.74, 6) is 1.01. The summed E-state index contributed by atoms with van der Waals surface area (Å²) in [6, 6.07) is 9.99. The van der Waals surface area contributed by atoms with Gasteiger partial charge in [0.2, 0.25) is 0 Å². The minimum Gasteiger partial charge on any atom is -0.489 e. The maximum atomic E-state index is 13.8. The van der Waals surface area contributed by atoms with Gasteiger partial charge in [-0.25, -0.2) is 23.4 Å². The van der Waals surface area contributed by atoms with Crippen molar-refractivity contribution in [3.63, 3.8) is 0 Å². The molecule has 1 aliphatic heterocycles. The van der Waals surface area contributed by atoms with Crippen LogP contribution in [-0.4, -0.2) is 43.6 Å². The second kappa shape index (κ2) is 9.12. The Morgan fingerprint density at radius 2 is 2.03 bits per heavy atom. The molecule has 0 radical (unpaired) electrons. The summed E-state index contributed by atoms with van der Waals surface area (Å²) in [4.78, 5) is 8.94. The van der Waals surface area contributed by atoms with Crippen molar-refractivity contribution < 1.29 is 18.3 Å². The summed E-state index contributed by atoms with van der Waals surface area (Å²) < 4.78 is 42.9. The van der Waals surface area contributed by atoms with Crippen LogP contribution in [-0.2, 0) is 4.74 Å². The number of alkyl halides is 2. The van der Waals surface area contributed by atoms with Gasteiger partial charge < -0.3 is 9.47 Å². The smallest absolute Gasteiger partial charge is 0.267 e. The van der Waals surface area contributed by atoms with Crippen molar-refractivity contribution in [2.75, 3.05) is 13.2 Å². The average Bonchev–Trinajstić information content (AvgIpc) is 3.42. The first kappa shape index (κ1) is 22.4. The minimum atomic E-state index is -2.76. The number of rotatable bonds is 5. The molecule has 3 aromatic heterocycles. The van der Waals surface area contributed by atoms with E-state index in [0.717, 1.165) is 17.3 Å². The van der Waals surface area contributed by atoms with E-state index in [-0.39, 0.29) is 23.2 Å². The van der Waals surface area contributed by atoms with E-state index < -0.39 is 6.43 Å². The molecular formula is C23H19BrF2N6O2. The van der Waals surface area contributed by atoms with Crippen LogP contribution >= 0.6 is 15.9 Å². The van der Waals surface area contributed by atoms with Crippen LogP contribution in [0, 0.1) is 18.3 Å². The summed E-state index contributed by atoms with van der Waals surface area (Å²) in [5.41, 5.74) is 1.76. The highest BCUT2D eigenvalue weighted by Gasteiger charge is 2.21. The maximum absolute atomic E-state index is 13.8. The third kappa shape index (κ3) is 4.15. The molecule has 4 heterocycles. The molecule has 34 heavy (non-hydrogen) atoms. The number of nitrogens with zero attached hydrogens (tertiary/aromatic N) is 6. The van der Waals surface area contributed by atoms with Gasteiger partial charge in [-0.2, -0.15) is 10.4 Å². The zero-order chi connectivity index (χ0) is 23.8. The van der Waals surface area contributed by atoms with Gasteiger partial charge in [-0.15, -0.1) is 0 Å². The van der Waals surface area contributed by atoms with Gasteiger partial charge in [0.15, 0.2) is 11.5 Å². The van der Waals surface area contributed by atoms with Crippen LogP contribution in [0.2, 0.25) is 0 Å². The largest absolute Gasteiger partial charge is 0.489 e. The van der Waals surface area contributed by atoms with Gasteiger partial charge in [-0.3, -0.25) is 4.57 Å². The van der Waals surface area contributed by atoms with Crippen LogP contribution < -0.4 is 4.74 Å². The summed E-state index contributed by atoms with van der Waals surface area (Å²) >= 11 is 3.55. The monoisotopic (exact) mass is 528 g/mol. The van der Waals surface area contributed by atoms with Gasteiger partial charge in [0, 0.05) is 24.6 Å². The minimum absolute atomic E-state index is 0.0378. The lowest BCUT2D eigenvalue weighted by molar-refractivity contribution is 0.0253. The second-order valence-corrected chi connectivity index (χ2v) is 8.75. The van der Waals surface area contributed by atoms with E-state index in [1.54, 1.807) is 17.8 Å². The zero-order valence-corrected chi connectivity index (χ0v) is 19.7. The molecule has 1 aliphatic rings. The molecule has 1 saturated heterocycles. The Morgan fingerprint density at radius 3 is 2.74 bits per heavy atom. The van der Waals surface area contributed by atoms with Gasteiger partial charge in [0.25, 0.3) is 6.43 Å². The fourth-order valence-electron chi connectivity index (χ4n) is 3.92. The molecule has 0 N–H and O–H groups in total. The third-order valence-corrected chi connectivity index (χ3v) is 6.26. The number of aromatic nitrogens is 5. The van der Waals surface area contributed by atoms with Gasteiger partial charge in [-0.05, 0) is 47.1 Å². The molecule has 0 bridgehead atoms. The number of ether oxygens (including phenoxy) is 2. The summed E-state index contributed by atoms with van der Waals surface area (Å²) in [5, 5.41) is 13.3. The van der Waals surface area contributed by atoms with Crippen molar-refractivity contribution in [3.05, 3.63) is 58.1 Å². The Labute approximate surface area is 201 Å². The fraction of sp³-hybridized carbons (Fsp3) is 0.304. The number of pyridine rings is 1. The molecule has 1 aromatic carbocycles. The fourth-order valence-corrected chi connectivity index (χ4v) is 4.35. The van der Waals surface area contributed by atoms with E-state index in [1.807, 2.05) is 18.2 Å². The Hall–Kier alpha value is -3.36. The average molecular weight is 529 g/mol. The Bertz CT molecular complexity index is 1400. The summed E-state index contributed by atoms with van der Waals surface area (Å²) in [7, 11) is 0. The third-order valence-electron chi connectivity index (χ3n) is 5.64. The summed E-state index contributed by atoms with van der Waals surface area (Å²) in [6.45, 7) is 3.00. The van der Waals surface area contributed by atoms with E-state index in [4.69, 9.17) is 14.7 Å². The molecule has 0 amide bonds. The van der Waals surface area contributed by atoms with Crippen LogP contribution in [0.3, 0.4) is 0 Å². The highest BCUT2D eigenvalue weighted by atomic mass is 79.9. The second-order valence-electron chi connectivity index (χ2n) is 7.89. The lowest BCUT2D eigenvalue weighted by atomic mass is 10.1. The molecule has 4 aromatic rings. The van der Waals surface area contributed by atoms with Crippen molar-refractivity contribution in [1.29, 1.82) is 5.26 Å². The molecule has 11 heteroatoms. The van der Waals surface area contributed by atoms with Gasteiger partial charge in [-0.1, -0.05) is 0 Å². The van der Waals surface area contributed by atoms with Crippen LogP contribution in [0.1, 0.15) is 36.2 Å². The Balaban J connectivity index is 1.60. The highest BCUT2D eigenvalue weighted by molar-refractivity contribution is 9.10. The number of halogens is 3. The number of hydrogen-bond donors (Lipinski definition) is 0. The lowest BCUT2D eigenvalue weighted by Gasteiger charge is -2.24. The lowest BCUT2D eigenvalue weighted by Crippen LogP contribution is -2.26. The molecule has 0 unspecified atom stereocenters. The first-order valence-corrected chi connectivity index (χ1v) is 11.4. The van der Waals surface area contributed by atoms with E-state index in [2.05, 4.69) is 31.0 Å². The normalized spacial score (nSPS) is 14.6. The molecular weight excluding hydrogens is 510 g/mol. The molecule has 0 atom stereocenters. The van der Waals surface area contributed by atoms with E-state index in [0.29, 0.717) is 41.5 Å². The van der Waals surface area contributed by atoms with Gasteiger partial charge >= 0.3 is 0 Å². The predicted molar refractivity (Wildman–Crippen MR) is 123 cm³/mol. The van der Waals surface area contributed by atoms with Crippen LogP contribution in [0.25, 0.3) is 22.7 Å². The molecule has 0 aliphatic carbocycles.